The number of para-hydroxylation sites is 1. The maximum atomic E-state index is 13.1. The molecule has 2 aliphatic heterocycles. The molecule has 2 amide bonds. The molecule has 1 aromatic heterocycles. The van der Waals surface area contributed by atoms with Crippen molar-refractivity contribution in [2.45, 2.75) is 32.7 Å². The van der Waals surface area contributed by atoms with E-state index in [0.717, 1.165) is 38.9 Å². The number of aromatic nitrogens is 1. The van der Waals surface area contributed by atoms with Gasteiger partial charge in [-0.05, 0) is 56.3 Å². The molecule has 0 N–H and O–H groups in total. The summed E-state index contributed by atoms with van der Waals surface area (Å²) in [7, 11) is 2.12. The average Bonchev–Trinajstić information content (AvgIpc) is 3.43. The molecular weight excluding hydrogens is 404 g/mol. The lowest BCUT2D eigenvalue weighted by molar-refractivity contribution is -0.135. The van der Waals surface area contributed by atoms with Crippen LogP contribution in [0.4, 0.5) is 4.79 Å². The molecule has 0 bridgehead atoms. The Balaban J connectivity index is 1.13. The minimum absolute atomic E-state index is 0.177. The van der Waals surface area contributed by atoms with E-state index in [4.69, 9.17) is 4.74 Å². The Hall–Kier alpha value is -2.54. The Morgan fingerprint density at radius 1 is 1.03 bits per heavy atom. The number of hydrogen-bond donors (Lipinski definition) is 0. The number of nitrogens with zero attached hydrogens (tertiary/aromatic N) is 4. The molecular formula is C25H34N4O3. The van der Waals surface area contributed by atoms with Crippen molar-refractivity contribution in [3.63, 3.8) is 0 Å². The van der Waals surface area contributed by atoms with Gasteiger partial charge in [-0.15, -0.1) is 0 Å². The summed E-state index contributed by atoms with van der Waals surface area (Å²) in [4.78, 5) is 31.3. The van der Waals surface area contributed by atoms with Crippen LogP contribution in [0.3, 0.4) is 0 Å². The monoisotopic (exact) mass is 438 g/mol. The number of piperazine rings is 1. The molecule has 1 atom stereocenters. The fourth-order valence-electron chi connectivity index (χ4n) is 5.74. The lowest BCUT2D eigenvalue weighted by Gasteiger charge is -2.36. The van der Waals surface area contributed by atoms with E-state index < -0.39 is 0 Å². The molecule has 2 aromatic rings. The Bertz CT molecular complexity index is 1000. The van der Waals surface area contributed by atoms with Gasteiger partial charge in [0.05, 0.1) is 6.61 Å². The van der Waals surface area contributed by atoms with Gasteiger partial charge < -0.3 is 19.1 Å². The molecule has 0 radical (unpaired) electrons. The summed E-state index contributed by atoms with van der Waals surface area (Å²) >= 11 is 0. The highest BCUT2D eigenvalue weighted by Gasteiger charge is 2.59. The van der Waals surface area contributed by atoms with E-state index in [0.29, 0.717) is 38.7 Å². The molecule has 1 aromatic carbocycles. The third kappa shape index (κ3) is 3.87. The zero-order valence-corrected chi connectivity index (χ0v) is 19.3. The molecule has 5 rings (SSSR count). The van der Waals surface area contributed by atoms with E-state index in [9.17, 15) is 9.59 Å². The van der Waals surface area contributed by atoms with Gasteiger partial charge in [0.25, 0.3) is 0 Å². The second-order valence-corrected chi connectivity index (χ2v) is 9.69. The first-order chi connectivity index (χ1) is 15.5. The third-order valence-corrected chi connectivity index (χ3v) is 7.83. The summed E-state index contributed by atoms with van der Waals surface area (Å²) in [5.74, 6) is 0.479. The zero-order valence-electron chi connectivity index (χ0n) is 19.3. The average molecular weight is 439 g/mol. The van der Waals surface area contributed by atoms with Crippen molar-refractivity contribution in [3.05, 3.63) is 36.0 Å². The van der Waals surface area contributed by atoms with Crippen LogP contribution in [-0.4, -0.2) is 77.1 Å². The fraction of sp³-hybridized carbons (Fsp3) is 0.600. The molecule has 3 fully saturated rings. The van der Waals surface area contributed by atoms with E-state index in [1.54, 1.807) is 4.90 Å². The maximum absolute atomic E-state index is 13.1. The minimum atomic E-state index is -0.263. The molecule has 3 aliphatic rings. The molecule has 172 valence electrons. The van der Waals surface area contributed by atoms with Gasteiger partial charge in [0, 0.05) is 62.8 Å². The first-order valence-corrected chi connectivity index (χ1v) is 12.0. The lowest BCUT2D eigenvalue weighted by atomic mass is 9.90. The first kappa shape index (κ1) is 21.3. The number of carbonyl (C=O) groups excluding carboxylic acids is 2. The van der Waals surface area contributed by atoms with Crippen molar-refractivity contribution in [3.8, 4) is 0 Å². The van der Waals surface area contributed by atoms with Gasteiger partial charge >= 0.3 is 6.09 Å². The molecule has 32 heavy (non-hydrogen) atoms. The quantitative estimate of drug-likeness (QED) is 0.736. The summed E-state index contributed by atoms with van der Waals surface area (Å²) in [5.41, 5.74) is 2.89. The van der Waals surface area contributed by atoms with Crippen LogP contribution in [0, 0.1) is 11.3 Å². The first-order valence-electron chi connectivity index (χ1n) is 12.0. The van der Waals surface area contributed by atoms with E-state index in [2.05, 4.69) is 47.0 Å². The van der Waals surface area contributed by atoms with Gasteiger partial charge in [0.2, 0.25) is 5.91 Å². The fourth-order valence-corrected chi connectivity index (χ4v) is 5.74. The van der Waals surface area contributed by atoms with Crippen LogP contribution in [0.5, 0.6) is 0 Å². The van der Waals surface area contributed by atoms with Crippen LogP contribution in [0.2, 0.25) is 0 Å². The largest absolute Gasteiger partial charge is 0.450 e. The molecule has 7 nitrogen and oxygen atoms in total. The van der Waals surface area contributed by atoms with Gasteiger partial charge in [0.1, 0.15) is 0 Å². The van der Waals surface area contributed by atoms with Gasteiger partial charge in [0.15, 0.2) is 0 Å². The van der Waals surface area contributed by atoms with E-state index in [1.807, 2.05) is 11.8 Å². The van der Waals surface area contributed by atoms with Crippen LogP contribution in [0.25, 0.3) is 10.9 Å². The molecule has 1 spiro atoms. The molecule has 3 heterocycles. The minimum Gasteiger partial charge on any atom is -0.450 e. The molecule has 2 saturated heterocycles. The lowest BCUT2D eigenvalue weighted by Crippen LogP contribution is -2.51. The number of likely N-dealkylation sites (tertiary alicyclic amines) is 1. The van der Waals surface area contributed by atoms with Crippen molar-refractivity contribution >= 4 is 22.9 Å². The summed E-state index contributed by atoms with van der Waals surface area (Å²) in [6, 6.07) is 8.60. The van der Waals surface area contributed by atoms with Crippen LogP contribution in [-0.2, 0) is 23.1 Å². The van der Waals surface area contributed by atoms with Gasteiger partial charge in [-0.2, -0.15) is 0 Å². The van der Waals surface area contributed by atoms with Crippen molar-refractivity contribution in [1.29, 1.82) is 0 Å². The Labute approximate surface area is 189 Å². The maximum Gasteiger partial charge on any atom is 0.409 e. The summed E-state index contributed by atoms with van der Waals surface area (Å²) < 4.78 is 7.30. The Morgan fingerprint density at radius 3 is 2.44 bits per heavy atom. The number of amides is 2. The standard InChI is InChI=1S/C25H34N4O3/c1-3-32-24(31)29-14-12-28(13-15-29)23(30)21-16-25(21)8-10-27(11-9-25)18-19-17-26(2)22-7-5-4-6-20(19)22/h4-7,17,21H,3,8-16,18H2,1-2H3/t21-/m1/s1. The number of fused-ring (bicyclic) bond motifs is 1. The van der Waals surface area contributed by atoms with Gasteiger partial charge in [-0.3, -0.25) is 9.69 Å². The molecule has 1 saturated carbocycles. The number of ether oxygens (including phenoxy) is 1. The zero-order chi connectivity index (χ0) is 22.3. The van der Waals surface area contributed by atoms with Gasteiger partial charge in [-0.25, -0.2) is 4.79 Å². The Kier molecular flexibility index (Phi) is 5.61. The highest BCUT2D eigenvalue weighted by molar-refractivity contribution is 5.84. The Morgan fingerprint density at radius 2 is 1.72 bits per heavy atom. The number of piperidine rings is 1. The van der Waals surface area contributed by atoms with E-state index >= 15 is 0 Å². The number of rotatable bonds is 4. The highest BCUT2D eigenvalue weighted by atomic mass is 16.6. The predicted molar refractivity (Wildman–Crippen MR) is 123 cm³/mol. The number of benzene rings is 1. The topological polar surface area (TPSA) is 58.0 Å². The van der Waals surface area contributed by atoms with Crippen LogP contribution >= 0.6 is 0 Å². The smallest absolute Gasteiger partial charge is 0.409 e. The van der Waals surface area contributed by atoms with Crippen LogP contribution in [0.1, 0.15) is 31.7 Å². The molecule has 0 unspecified atom stereocenters. The summed E-state index contributed by atoms with van der Waals surface area (Å²) in [5, 5.41) is 1.34. The molecule has 1 aliphatic carbocycles. The number of carbonyl (C=O) groups is 2. The summed E-state index contributed by atoms with van der Waals surface area (Å²) in [6.07, 6.45) is 5.25. The van der Waals surface area contributed by atoms with Crippen molar-refractivity contribution in [1.82, 2.24) is 19.3 Å². The van der Waals surface area contributed by atoms with Crippen LogP contribution in [0.15, 0.2) is 30.5 Å². The second kappa shape index (κ2) is 8.43. The number of hydrogen-bond acceptors (Lipinski definition) is 4. The summed E-state index contributed by atoms with van der Waals surface area (Å²) in [6.45, 7) is 7.69. The van der Waals surface area contributed by atoms with E-state index in [1.165, 1.54) is 16.5 Å². The van der Waals surface area contributed by atoms with E-state index in [-0.39, 0.29) is 17.4 Å². The second-order valence-electron chi connectivity index (χ2n) is 9.69. The van der Waals surface area contributed by atoms with Crippen molar-refractivity contribution in [2.75, 3.05) is 45.9 Å². The normalized spacial score (nSPS) is 23.0. The van der Waals surface area contributed by atoms with Crippen LogP contribution < -0.4 is 0 Å². The van der Waals surface area contributed by atoms with Crippen molar-refractivity contribution in [2.24, 2.45) is 18.4 Å². The highest BCUT2D eigenvalue weighted by Crippen LogP contribution is 2.60. The predicted octanol–water partition coefficient (Wildman–Crippen LogP) is 3.08. The molecule has 7 heteroatoms. The SMILES string of the molecule is CCOC(=O)N1CCN(C(=O)[C@H]2CC23CCN(Cc2cn(C)c4ccccc24)CC3)CC1. The van der Waals surface area contributed by atoms with Gasteiger partial charge in [-0.1, -0.05) is 18.2 Å². The van der Waals surface area contributed by atoms with Crippen molar-refractivity contribution < 1.29 is 14.3 Å². The third-order valence-electron chi connectivity index (χ3n) is 7.83. The number of aryl methyl sites for hydroxylation is 1.